The summed E-state index contributed by atoms with van der Waals surface area (Å²) >= 11 is 0. The number of pyridine rings is 1. The standard InChI is InChI=1S/C24H25N3O2/c1-19-6-5-7-20(16-19)17-25-12-14-26(15-13-25)24(29)21-10-11-23(28)27(18-21)22-8-3-2-4-9-22/h2-11,16,18H,12-15,17H2,1H3. The van der Waals surface area contributed by atoms with Gasteiger partial charge < -0.3 is 4.90 Å². The van der Waals surface area contributed by atoms with E-state index in [1.54, 1.807) is 12.3 Å². The number of carbonyl (C=O) groups is 1. The quantitative estimate of drug-likeness (QED) is 0.691. The lowest BCUT2D eigenvalue weighted by Gasteiger charge is -2.34. The maximum Gasteiger partial charge on any atom is 0.255 e. The average Bonchev–Trinajstić information content (AvgIpc) is 2.75. The van der Waals surface area contributed by atoms with Crippen molar-refractivity contribution in [2.24, 2.45) is 0 Å². The summed E-state index contributed by atoms with van der Waals surface area (Å²) in [7, 11) is 0. The number of para-hydroxylation sites is 1. The first-order valence-corrected chi connectivity index (χ1v) is 9.95. The van der Waals surface area contributed by atoms with E-state index in [0.29, 0.717) is 18.7 Å². The lowest BCUT2D eigenvalue weighted by molar-refractivity contribution is 0.0628. The minimum absolute atomic E-state index is 0.0233. The van der Waals surface area contributed by atoms with E-state index in [0.717, 1.165) is 25.3 Å². The van der Waals surface area contributed by atoms with Gasteiger partial charge in [0.25, 0.3) is 11.5 Å². The molecule has 0 bridgehead atoms. The summed E-state index contributed by atoms with van der Waals surface area (Å²) < 4.78 is 1.53. The van der Waals surface area contributed by atoms with E-state index in [1.807, 2.05) is 35.2 Å². The summed E-state index contributed by atoms with van der Waals surface area (Å²) in [6.07, 6.45) is 1.65. The van der Waals surface area contributed by atoms with E-state index >= 15 is 0 Å². The Balaban J connectivity index is 1.43. The van der Waals surface area contributed by atoms with E-state index in [-0.39, 0.29) is 11.5 Å². The van der Waals surface area contributed by atoms with Gasteiger partial charge in [-0.1, -0.05) is 48.0 Å². The van der Waals surface area contributed by atoms with Crippen molar-refractivity contribution in [3.05, 3.63) is 100.0 Å². The topological polar surface area (TPSA) is 45.6 Å². The van der Waals surface area contributed by atoms with Gasteiger partial charge in [0.15, 0.2) is 0 Å². The number of piperazine rings is 1. The molecule has 2 heterocycles. The van der Waals surface area contributed by atoms with Crippen molar-refractivity contribution in [2.75, 3.05) is 26.2 Å². The third kappa shape index (κ3) is 4.46. The van der Waals surface area contributed by atoms with Gasteiger partial charge in [0.1, 0.15) is 0 Å². The van der Waals surface area contributed by atoms with Crippen molar-refractivity contribution in [3.8, 4) is 5.69 Å². The molecule has 1 amide bonds. The first kappa shape index (κ1) is 19.2. The molecule has 0 saturated carbocycles. The number of amides is 1. The Bertz CT molecular complexity index is 1050. The zero-order valence-electron chi connectivity index (χ0n) is 16.6. The molecule has 4 rings (SSSR count). The molecule has 5 heteroatoms. The van der Waals surface area contributed by atoms with Gasteiger partial charge in [-0.25, -0.2) is 0 Å². The molecule has 1 aromatic heterocycles. The number of aromatic nitrogens is 1. The van der Waals surface area contributed by atoms with Crippen LogP contribution in [0.5, 0.6) is 0 Å². The number of carbonyl (C=O) groups excluding carboxylic acids is 1. The molecule has 3 aromatic rings. The van der Waals surface area contributed by atoms with E-state index in [2.05, 4.69) is 36.1 Å². The smallest absolute Gasteiger partial charge is 0.255 e. The van der Waals surface area contributed by atoms with Crippen molar-refractivity contribution in [1.82, 2.24) is 14.4 Å². The highest BCUT2D eigenvalue weighted by molar-refractivity contribution is 5.94. The van der Waals surface area contributed by atoms with Gasteiger partial charge in [0.05, 0.1) is 5.56 Å². The van der Waals surface area contributed by atoms with E-state index in [1.165, 1.54) is 21.8 Å². The normalized spacial score (nSPS) is 14.7. The molecule has 0 N–H and O–H groups in total. The fourth-order valence-corrected chi connectivity index (χ4v) is 3.76. The second kappa shape index (κ2) is 8.45. The third-order valence-electron chi connectivity index (χ3n) is 5.34. The zero-order chi connectivity index (χ0) is 20.2. The summed E-state index contributed by atoms with van der Waals surface area (Å²) in [5, 5.41) is 0. The van der Waals surface area contributed by atoms with Crippen LogP contribution in [0.3, 0.4) is 0 Å². The van der Waals surface area contributed by atoms with Crippen LogP contribution in [0, 0.1) is 6.92 Å². The van der Waals surface area contributed by atoms with Crippen LogP contribution in [0.15, 0.2) is 77.7 Å². The molecule has 29 heavy (non-hydrogen) atoms. The number of aryl methyl sites for hydroxylation is 1. The molecule has 0 aliphatic carbocycles. The summed E-state index contributed by atoms with van der Waals surface area (Å²) in [4.78, 5) is 29.5. The maximum absolute atomic E-state index is 13.0. The highest BCUT2D eigenvalue weighted by atomic mass is 16.2. The van der Waals surface area contributed by atoms with Crippen LogP contribution in [-0.2, 0) is 6.54 Å². The average molecular weight is 387 g/mol. The Labute approximate surface area is 170 Å². The molecule has 1 aliphatic rings. The summed E-state index contributed by atoms with van der Waals surface area (Å²) in [6, 6.07) is 21.0. The summed E-state index contributed by atoms with van der Waals surface area (Å²) in [6.45, 7) is 6.08. The van der Waals surface area contributed by atoms with E-state index in [4.69, 9.17) is 0 Å². The Morgan fingerprint density at radius 3 is 2.38 bits per heavy atom. The Hall–Kier alpha value is -3.18. The minimum Gasteiger partial charge on any atom is -0.336 e. The lowest BCUT2D eigenvalue weighted by atomic mass is 10.1. The number of nitrogens with zero attached hydrogens (tertiary/aromatic N) is 3. The van der Waals surface area contributed by atoms with Gasteiger partial charge in [-0.3, -0.25) is 19.1 Å². The van der Waals surface area contributed by atoms with Crippen LogP contribution in [-0.4, -0.2) is 46.5 Å². The molecule has 1 aliphatic heterocycles. The molecule has 1 fully saturated rings. The van der Waals surface area contributed by atoms with Crippen LogP contribution >= 0.6 is 0 Å². The Morgan fingerprint density at radius 1 is 0.897 bits per heavy atom. The fraction of sp³-hybridized carbons (Fsp3) is 0.250. The van der Waals surface area contributed by atoms with Gasteiger partial charge in [-0.05, 0) is 30.7 Å². The molecule has 0 radical (unpaired) electrons. The second-order valence-corrected chi connectivity index (χ2v) is 7.52. The predicted octanol–water partition coefficient (Wildman–Crippen LogP) is 3.10. The van der Waals surface area contributed by atoms with Gasteiger partial charge in [0, 0.05) is 50.7 Å². The van der Waals surface area contributed by atoms with Crippen LogP contribution in [0.4, 0.5) is 0 Å². The molecule has 2 aromatic carbocycles. The van der Waals surface area contributed by atoms with E-state index in [9.17, 15) is 9.59 Å². The third-order valence-corrected chi connectivity index (χ3v) is 5.34. The number of rotatable bonds is 4. The first-order valence-electron chi connectivity index (χ1n) is 9.95. The highest BCUT2D eigenvalue weighted by Gasteiger charge is 2.22. The molecule has 148 valence electrons. The first-order chi connectivity index (χ1) is 14.1. The van der Waals surface area contributed by atoms with Crippen molar-refractivity contribution in [3.63, 3.8) is 0 Å². The molecule has 0 unspecified atom stereocenters. The summed E-state index contributed by atoms with van der Waals surface area (Å²) in [5.74, 6) is -0.0233. The molecule has 0 spiro atoms. The SMILES string of the molecule is Cc1cccc(CN2CCN(C(=O)c3ccc(=O)n(-c4ccccc4)c3)CC2)c1. The van der Waals surface area contributed by atoms with Crippen molar-refractivity contribution in [1.29, 1.82) is 0 Å². The van der Waals surface area contributed by atoms with Crippen molar-refractivity contribution >= 4 is 5.91 Å². The van der Waals surface area contributed by atoms with E-state index < -0.39 is 0 Å². The van der Waals surface area contributed by atoms with Crippen LogP contribution < -0.4 is 5.56 Å². The lowest BCUT2D eigenvalue weighted by Crippen LogP contribution is -2.48. The minimum atomic E-state index is -0.143. The van der Waals surface area contributed by atoms with Crippen LogP contribution in [0.25, 0.3) is 5.69 Å². The van der Waals surface area contributed by atoms with Crippen LogP contribution in [0.2, 0.25) is 0 Å². The molecule has 5 nitrogen and oxygen atoms in total. The second-order valence-electron chi connectivity index (χ2n) is 7.52. The fourth-order valence-electron chi connectivity index (χ4n) is 3.76. The Morgan fingerprint density at radius 2 is 1.66 bits per heavy atom. The largest absolute Gasteiger partial charge is 0.336 e. The number of hydrogen-bond acceptors (Lipinski definition) is 3. The van der Waals surface area contributed by atoms with Crippen LogP contribution in [0.1, 0.15) is 21.5 Å². The highest BCUT2D eigenvalue weighted by Crippen LogP contribution is 2.13. The maximum atomic E-state index is 13.0. The van der Waals surface area contributed by atoms with Crippen molar-refractivity contribution in [2.45, 2.75) is 13.5 Å². The number of benzene rings is 2. The number of hydrogen-bond donors (Lipinski definition) is 0. The van der Waals surface area contributed by atoms with Crippen molar-refractivity contribution < 1.29 is 4.79 Å². The zero-order valence-corrected chi connectivity index (χ0v) is 16.6. The van der Waals surface area contributed by atoms with Gasteiger partial charge in [-0.15, -0.1) is 0 Å². The molecule has 0 atom stereocenters. The predicted molar refractivity (Wildman–Crippen MR) is 114 cm³/mol. The van der Waals surface area contributed by atoms with Gasteiger partial charge in [0.2, 0.25) is 0 Å². The Kier molecular flexibility index (Phi) is 5.58. The molecule has 1 saturated heterocycles. The van der Waals surface area contributed by atoms with Gasteiger partial charge >= 0.3 is 0 Å². The summed E-state index contributed by atoms with van der Waals surface area (Å²) in [5.41, 5.74) is 3.73. The molecular formula is C24H25N3O2. The monoisotopic (exact) mass is 387 g/mol. The van der Waals surface area contributed by atoms with Gasteiger partial charge in [-0.2, -0.15) is 0 Å². The molecular weight excluding hydrogens is 362 g/mol.